The number of likely N-dealkylation sites (tertiary alicyclic amines) is 1. The van der Waals surface area contributed by atoms with Gasteiger partial charge in [0.05, 0.1) is 11.6 Å². The summed E-state index contributed by atoms with van der Waals surface area (Å²) in [5, 5.41) is 9.33. The van der Waals surface area contributed by atoms with Crippen LogP contribution in [0.4, 0.5) is 15.3 Å². The van der Waals surface area contributed by atoms with Crippen LogP contribution in [0, 0.1) is 0 Å². The minimum Gasteiger partial charge on any atom is -0.444 e. The molecule has 0 radical (unpaired) electrons. The molecule has 0 saturated carbocycles. The molecule has 2 aliphatic rings. The van der Waals surface area contributed by atoms with Gasteiger partial charge in [-0.25, -0.2) is 14.3 Å². The van der Waals surface area contributed by atoms with Gasteiger partial charge in [-0.1, -0.05) is 91.0 Å². The van der Waals surface area contributed by atoms with Gasteiger partial charge in [-0.3, -0.25) is 0 Å². The standard InChI is InChI=1S/C38H38BrN5O3/c1-37(2,3)47-36(46)42-21-13-20-30(25-42)43-24-26-22-31-33(23-32(26)40-35(43)45)44(41-34(31)39)38(27-14-7-4-8-15-27,28-16-9-5-10-17-28)29-18-11-6-12-19-29/h4-12,14-19,22-23,30H,13,20-21,24-25H2,1-3H3,(H,40,45)/t30-/m1/s1. The summed E-state index contributed by atoms with van der Waals surface area (Å²) in [5.74, 6) is 0. The Morgan fingerprint density at radius 3 is 2.02 bits per heavy atom. The van der Waals surface area contributed by atoms with Gasteiger partial charge in [0.1, 0.15) is 15.7 Å². The number of rotatable bonds is 5. The van der Waals surface area contributed by atoms with E-state index in [0.29, 0.717) is 19.6 Å². The van der Waals surface area contributed by atoms with E-state index in [9.17, 15) is 9.59 Å². The summed E-state index contributed by atoms with van der Waals surface area (Å²) in [6, 6.07) is 35.2. The molecule has 9 heteroatoms. The molecule has 1 fully saturated rings. The van der Waals surface area contributed by atoms with Crippen LogP contribution < -0.4 is 5.32 Å². The molecule has 0 bridgehead atoms. The molecule has 47 heavy (non-hydrogen) atoms. The lowest BCUT2D eigenvalue weighted by atomic mass is 9.77. The lowest BCUT2D eigenvalue weighted by Gasteiger charge is -2.41. The summed E-state index contributed by atoms with van der Waals surface area (Å²) in [7, 11) is 0. The maximum atomic E-state index is 13.7. The molecule has 0 aliphatic carbocycles. The molecule has 7 rings (SSSR count). The normalized spacial score (nSPS) is 16.9. The Labute approximate surface area is 283 Å². The Balaban J connectivity index is 1.32. The molecule has 0 spiro atoms. The van der Waals surface area contributed by atoms with Crippen molar-refractivity contribution in [2.45, 2.75) is 57.3 Å². The van der Waals surface area contributed by atoms with Gasteiger partial charge in [-0.05, 0) is 83.9 Å². The highest BCUT2D eigenvalue weighted by atomic mass is 79.9. The van der Waals surface area contributed by atoms with Gasteiger partial charge >= 0.3 is 12.1 Å². The molecule has 8 nitrogen and oxygen atoms in total. The van der Waals surface area contributed by atoms with Crippen molar-refractivity contribution in [2.75, 3.05) is 18.4 Å². The van der Waals surface area contributed by atoms with Crippen LogP contribution in [0.3, 0.4) is 0 Å². The Kier molecular flexibility index (Phi) is 8.04. The number of halogens is 1. The molecule has 1 N–H and O–H groups in total. The number of anilines is 1. The van der Waals surface area contributed by atoms with Gasteiger partial charge in [-0.2, -0.15) is 5.10 Å². The van der Waals surface area contributed by atoms with Crippen LogP contribution in [-0.4, -0.2) is 56.4 Å². The number of aromatic nitrogens is 2. The number of fused-ring (bicyclic) bond motifs is 2. The van der Waals surface area contributed by atoms with Gasteiger partial charge in [0.15, 0.2) is 0 Å². The number of benzene rings is 4. The molecule has 240 valence electrons. The third-order valence-electron chi connectivity index (χ3n) is 9.08. The van der Waals surface area contributed by atoms with E-state index in [1.54, 1.807) is 4.90 Å². The summed E-state index contributed by atoms with van der Waals surface area (Å²) in [6.45, 7) is 7.10. The molecule has 1 aromatic heterocycles. The van der Waals surface area contributed by atoms with E-state index in [4.69, 9.17) is 9.84 Å². The van der Waals surface area contributed by atoms with Crippen molar-refractivity contribution in [3.8, 4) is 0 Å². The van der Waals surface area contributed by atoms with Crippen LogP contribution in [0.15, 0.2) is 108 Å². The number of hydrogen-bond donors (Lipinski definition) is 1. The van der Waals surface area contributed by atoms with Crippen molar-refractivity contribution in [1.82, 2.24) is 19.6 Å². The van der Waals surface area contributed by atoms with E-state index in [0.717, 1.165) is 56.3 Å². The molecule has 1 atom stereocenters. The maximum absolute atomic E-state index is 13.7. The number of hydrogen-bond acceptors (Lipinski definition) is 4. The zero-order chi connectivity index (χ0) is 32.8. The smallest absolute Gasteiger partial charge is 0.410 e. The predicted octanol–water partition coefficient (Wildman–Crippen LogP) is 8.39. The van der Waals surface area contributed by atoms with Crippen molar-refractivity contribution in [3.63, 3.8) is 0 Å². The summed E-state index contributed by atoms with van der Waals surface area (Å²) in [5.41, 5.74) is 4.45. The lowest BCUT2D eigenvalue weighted by Crippen LogP contribution is -2.54. The van der Waals surface area contributed by atoms with Crippen molar-refractivity contribution >= 4 is 44.6 Å². The zero-order valence-electron chi connectivity index (χ0n) is 26.8. The van der Waals surface area contributed by atoms with Crippen molar-refractivity contribution in [1.29, 1.82) is 0 Å². The van der Waals surface area contributed by atoms with Gasteiger partial charge in [0.2, 0.25) is 0 Å². The molecule has 2 aliphatic heterocycles. The first-order valence-corrected chi connectivity index (χ1v) is 16.9. The van der Waals surface area contributed by atoms with Crippen LogP contribution in [0.5, 0.6) is 0 Å². The Bertz CT molecular complexity index is 1820. The Hall–Kier alpha value is -4.63. The fourth-order valence-corrected chi connectivity index (χ4v) is 7.49. The molecule has 5 aromatic rings. The first-order valence-electron chi connectivity index (χ1n) is 16.1. The minimum atomic E-state index is -0.805. The molecular weight excluding hydrogens is 654 g/mol. The largest absolute Gasteiger partial charge is 0.444 e. The molecule has 4 aromatic carbocycles. The number of nitrogens with zero attached hydrogens (tertiary/aromatic N) is 4. The number of nitrogens with one attached hydrogen (secondary N) is 1. The second-order valence-electron chi connectivity index (χ2n) is 13.3. The topological polar surface area (TPSA) is 79.7 Å². The average molecular weight is 693 g/mol. The molecule has 3 heterocycles. The molecule has 0 unspecified atom stereocenters. The fourth-order valence-electron chi connectivity index (χ4n) is 7.02. The number of piperidine rings is 1. The van der Waals surface area contributed by atoms with E-state index in [-0.39, 0.29) is 18.2 Å². The third-order valence-corrected chi connectivity index (χ3v) is 9.67. The summed E-state index contributed by atoms with van der Waals surface area (Å²) in [4.78, 5) is 30.1. The first-order chi connectivity index (χ1) is 22.6. The maximum Gasteiger partial charge on any atom is 0.410 e. The number of urea groups is 1. The SMILES string of the molecule is CC(C)(C)OC(=O)N1CCC[C@@H](N2Cc3cc4c(Br)nn(C(c5ccccc5)(c5ccccc5)c5ccccc5)c4cc3NC2=O)C1. The highest BCUT2D eigenvalue weighted by Gasteiger charge is 2.42. The van der Waals surface area contributed by atoms with Gasteiger partial charge < -0.3 is 19.9 Å². The van der Waals surface area contributed by atoms with E-state index >= 15 is 0 Å². The average Bonchev–Trinajstić information content (AvgIpc) is 3.39. The number of carbonyl (C=O) groups excluding carboxylic acids is 2. The summed E-state index contributed by atoms with van der Waals surface area (Å²) < 4.78 is 8.45. The molecule has 3 amide bonds. The van der Waals surface area contributed by atoms with Gasteiger partial charge in [-0.15, -0.1) is 0 Å². The van der Waals surface area contributed by atoms with E-state index in [1.807, 2.05) is 43.9 Å². The second-order valence-corrected chi connectivity index (χ2v) is 14.1. The van der Waals surface area contributed by atoms with E-state index in [1.165, 1.54) is 0 Å². The summed E-state index contributed by atoms with van der Waals surface area (Å²) in [6.07, 6.45) is 1.29. The third kappa shape index (κ3) is 5.67. The number of amides is 3. The van der Waals surface area contributed by atoms with Gasteiger partial charge in [0, 0.05) is 30.7 Å². The van der Waals surface area contributed by atoms with Crippen LogP contribution in [0.25, 0.3) is 10.9 Å². The molecular formula is C38H38BrN5O3. The van der Waals surface area contributed by atoms with Crippen molar-refractivity contribution in [2.24, 2.45) is 0 Å². The number of ether oxygens (including phenoxy) is 1. The minimum absolute atomic E-state index is 0.117. The van der Waals surface area contributed by atoms with E-state index in [2.05, 4.69) is 111 Å². The highest BCUT2D eigenvalue weighted by molar-refractivity contribution is 9.10. The zero-order valence-corrected chi connectivity index (χ0v) is 28.4. The Morgan fingerprint density at radius 1 is 0.894 bits per heavy atom. The van der Waals surface area contributed by atoms with Crippen molar-refractivity contribution in [3.05, 3.63) is 130 Å². The fraction of sp³-hybridized carbons (Fsp3) is 0.289. The lowest BCUT2D eigenvalue weighted by molar-refractivity contribution is 0.0131. The summed E-state index contributed by atoms with van der Waals surface area (Å²) >= 11 is 3.82. The van der Waals surface area contributed by atoms with Crippen LogP contribution in [-0.2, 0) is 16.8 Å². The van der Waals surface area contributed by atoms with Crippen LogP contribution in [0.2, 0.25) is 0 Å². The van der Waals surface area contributed by atoms with Crippen LogP contribution >= 0.6 is 15.9 Å². The Morgan fingerprint density at radius 2 is 1.47 bits per heavy atom. The number of carbonyl (C=O) groups is 2. The molecule has 1 saturated heterocycles. The van der Waals surface area contributed by atoms with Crippen LogP contribution in [0.1, 0.15) is 55.9 Å². The quantitative estimate of drug-likeness (QED) is 0.188. The predicted molar refractivity (Wildman–Crippen MR) is 187 cm³/mol. The highest BCUT2D eigenvalue weighted by Crippen LogP contribution is 2.44. The second kappa shape index (κ2) is 12.2. The van der Waals surface area contributed by atoms with Gasteiger partial charge in [0.25, 0.3) is 0 Å². The van der Waals surface area contributed by atoms with Crippen molar-refractivity contribution < 1.29 is 14.3 Å². The van der Waals surface area contributed by atoms with E-state index < -0.39 is 11.1 Å². The monoisotopic (exact) mass is 691 g/mol. The first kappa shape index (κ1) is 31.0.